The molecular weight excluding hydrogens is 443 g/mol. The van der Waals surface area contributed by atoms with Crippen molar-refractivity contribution < 1.29 is 13.5 Å². The Morgan fingerprint density at radius 1 is 1.36 bits per heavy atom. The maximum absolute atomic E-state index is 12.6. The lowest BCUT2D eigenvalue weighted by Gasteiger charge is -2.26. The molecule has 0 amide bonds. The molecule has 2 aromatic rings. The molecule has 0 spiro atoms. The lowest BCUT2D eigenvalue weighted by molar-refractivity contribution is 0.145. The molecule has 1 atom stereocenters. The topological polar surface area (TPSA) is 85.4 Å². The number of aliphatic imine (C=N–C) groups is 1. The highest BCUT2D eigenvalue weighted by Gasteiger charge is 2.21. The van der Waals surface area contributed by atoms with E-state index in [4.69, 9.17) is 10.5 Å². The van der Waals surface area contributed by atoms with Crippen molar-refractivity contribution in [1.82, 2.24) is 15.3 Å². The zero-order chi connectivity index (χ0) is 16.9. The van der Waals surface area contributed by atoms with Gasteiger partial charge in [-0.3, -0.25) is 0 Å². The van der Waals surface area contributed by atoms with Crippen molar-refractivity contribution >= 4 is 29.9 Å². The number of alkyl halides is 2. The number of halogens is 3. The number of guanidine groups is 1. The van der Waals surface area contributed by atoms with Gasteiger partial charge in [-0.1, -0.05) is 18.2 Å². The van der Waals surface area contributed by atoms with E-state index in [0.717, 1.165) is 17.7 Å². The zero-order valence-electron chi connectivity index (χ0n) is 13.2. The molecule has 3 rings (SSSR count). The molecule has 1 aromatic heterocycles. The Hall–Kier alpha value is -2.04. The first-order valence-corrected chi connectivity index (χ1v) is 7.51. The first-order chi connectivity index (χ1) is 11.6. The lowest BCUT2D eigenvalue weighted by Crippen LogP contribution is -2.37. The summed E-state index contributed by atoms with van der Waals surface area (Å²) in [7, 11) is 0. The molecule has 1 aliphatic heterocycles. The second-order valence-corrected chi connectivity index (χ2v) is 5.27. The van der Waals surface area contributed by atoms with Crippen LogP contribution >= 0.6 is 24.0 Å². The summed E-state index contributed by atoms with van der Waals surface area (Å²) in [6.45, 7) is 0.617. The van der Waals surface area contributed by atoms with Crippen molar-refractivity contribution in [2.75, 3.05) is 6.61 Å². The fourth-order valence-electron chi connectivity index (χ4n) is 2.48. The summed E-state index contributed by atoms with van der Waals surface area (Å²) < 4.78 is 30.8. The molecular formula is C16H18F2IN5O. The molecule has 0 fully saturated rings. The molecule has 9 heteroatoms. The Morgan fingerprint density at radius 2 is 2.16 bits per heavy atom. The van der Waals surface area contributed by atoms with Crippen LogP contribution in [0.25, 0.3) is 0 Å². The summed E-state index contributed by atoms with van der Waals surface area (Å²) >= 11 is 0. The molecule has 1 aliphatic rings. The Balaban J connectivity index is 0.00000225. The van der Waals surface area contributed by atoms with Gasteiger partial charge in [0.05, 0.1) is 12.6 Å². The van der Waals surface area contributed by atoms with Crippen LogP contribution in [0.4, 0.5) is 8.78 Å². The second-order valence-electron chi connectivity index (χ2n) is 5.27. The standard InChI is InChI=1S/C16H17F2N5O.HI/c17-15(18)12-5-7-20-14(22-12)9-21-16(19)23-11-6-8-24-13-4-2-1-3-10(11)13;/h1-5,7,11,15H,6,8-9H2,(H3,19,21,23);1H. The number of nitrogens with zero attached hydrogens (tertiary/aromatic N) is 3. The summed E-state index contributed by atoms with van der Waals surface area (Å²) in [4.78, 5) is 11.8. The summed E-state index contributed by atoms with van der Waals surface area (Å²) in [5, 5.41) is 3.13. The van der Waals surface area contributed by atoms with Gasteiger partial charge in [0.25, 0.3) is 6.43 Å². The number of rotatable bonds is 4. The minimum atomic E-state index is -2.63. The molecule has 2 heterocycles. The number of benzene rings is 1. The van der Waals surface area contributed by atoms with Crippen LogP contribution in [0.3, 0.4) is 0 Å². The number of nitrogens with two attached hydrogens (primary N) is 1. The SMILES string of the molecule is I.NC(=NCc1nccc(C(F)F)n1)NC1CCOc2ccccc21. The summed E-state index contributed by atoms with van der Waals surface area (Å²) in [5.74, 6) is 1.23. The lowest BCUT2D eigenvalue weighted by atomic mass is 10.0. The van der Waals surface area contributed by atoms with Gasteiger partial charge < -0.3 is 15.8 Å². The fraction of sp³-hybridized carbons (Fsp3) is 0.312. The van der Waals surface area contributed by atoms with Crippen molar-refractivity contribution in [3.8, 4) is 5.75 Å². The molecule has 0 aliphatic carbocycles. The number of nitrogens with one attached hydrogen (secondary N) is 1. The van der Waals surface area contributed by atoms with Crippen molar-refractivity contribution in [2.24, 2.45) is 10.7 Å². The highest BCUT2D eigenvalue weighted by atomic mass is 127. The van der Waals surface area contributed by atoms with E-state index in [2.05, 4.69) is 20.3 Å². The van der Waals surface area contributed by atoms with Gasteiger partial charge in [0.2, 0.25) is 0 Å². The Labute approximate surface area is 160 Å². The van der Waals surface area contributed by atoms with E-state index in [1.54, 1.807) is 0 Å². The summed E-state index contributed by atoms with van der Waals surface area (Å²) in [6, 6.07) is 8.88. The third-order valence-electron chi connectivity index (χ3n) is 3.62. The van der Waals surface area contributed by atoms with Gasteiger partial charge in [-0.25, -0.2) is 23.7 Å². The number of hydrogen-bond donors (Lipinski definition) is 2. The largest absolute Gasteiger partial charge is 0.493 e. The van der Waals surface area contributed by atoms with Gasteiger partial charge in [-0.05, 0) is 12.1 Å². The van der Waals surface area contributed by atoms with Crippen LogP contribution in [0, 0.1) is 0 Å². The van der Waals surface area contributed by atoms with Crippen molar-refractivity contribution in [3.05, 3.63) is 53.6 Å². The number of para-hydroxylation sites is 1. The third-order valence-corrected chi connectivity index (χ3v) is 3.62. The number of ether oxygens (including phenoxy) is 1. The normalized spacial score (nSPS) is 16.6. The summed E-state index contributed by atoms with van der Waals surface area (Å²) in [6.07, 6.45) is -0.590. The van der Waals surface area contributed by atoms with Crippen molar-refractivity contribution in [3.63, 3.8) is 0 Å². The van der Waals surface area contributed by atoms with E-state index in [1.165, 1.54) is 12.3 Å². The average Bonchev–Trinajstić information content (AvgIpc) is 2.60. The minimum Gasteiger partial charge on any atom is -0.493 e. The highest BCUT2D eigenvalue weighted by molar-refractivity contribution is 14.0. The molecule has 1 aromatic carbocycles. The van der Waals surface area contributed by atoms with E-state index in [1.807, 2.05) is 24.3 Å². The highest BCUT2D eigenvalue weighted by Crippen LogP contribution is 2.31. The monoisotopic (exact) mass is 461 g/mol. The molecule has 134 valence electrons. The van der Waals surface area contributed by atoms with Crippen molar-refractivity contribution in [2.45, 2.75) is 25.4 Å². The first-order valence-electron chi connectivity index (χ1n) is 7.51. The fourth-order valence-corrected chi connectivity index (χ4v) is 2.48. The van der Waals surface area contributed by atoms with Gasteiger partial charge in [-0.2, -0.15) is 0 Å². The molecule has 25 heavy (non-hydrogen) atoms. The zero-order valence-corrected chi connectivity index (χ0v) is 15.6. The Kier molecular flexibility index (Phi) is 6.85. The quantitative estimate of drug-likeness (QED) is 0.416. The van der Waals surface area contributed by atoms with E-state index in [9.17, 15) is 8.78 Å². The second kappa shape index (κ2) is 8.88. The molecule has 0 radical (unpaired) electrons. The first kappa shape index (κ1) is 19.3. The van der Waals surface area contributed by atoms with Gasteiger partial charge in [0, 0.05) is 18.2 Å². The number of aromatic nitrogens is 2. The Bertz CT molecular complexity index is 744. The van der Waals surface area contributed by atoms with Crippen LogP contribution in [0.1, 0.15) is 36.0 Å². The van der Waals surface area contributed by atoms with E-state index in [0.29, 0.717) is 6.61 Å². The van der Waals surface area contributed by atoms with Crippen LogP contribution in [0.2, 0.25) is 0 Å². The third kappa shape index (κ3) is 4.97. The van der Waals surface area contributed by atoms with Gasteiger partial charge in [0.15, 0.2) is 5.96 Å². The number of hydrogen-bond acceptors (Lipinski definition) is 4. The molecule has 0 saturated carbocycles. The Morgan fingerprint density at radius 3 is 2.96 bits per heavy atom. The van der Waals surface area contributed by atoms with E-state index >= 15 is 0 Å². The predicted octanol–water partition coefficient (Wildman–Crippen LogP) is 2.96. The predicted molar refractivity (Wildman–Crippen MR) is 100 cm³/mol. The van der Waals surface area contributed by atoms with Crippen LogP contribution in [0.5, 0.6) is 5.75 Å². The van der Waals surface area contributed by atoms with Crippen molar-refractivity contribution in [1.29, 1.82) is 0 Å². The van der Waals surface area contributed by atoms with Crippen LogP contribution in [-0.4, -0.2) is 22.5 Å². The van der Waals surface area contributed by atoms with Gasteiger partial charge >= 0.3 is 0 Å². The van der Waals surface area contributed by atoms with Gasteiger partial charge in [-0.15, -0.1) is 24.0 Å². The van der Waals surface area contributed by atoms with Crippen LogP contribution in [-0.2, 0) is 6.54 Å². The molecule has 1 unspecified atom stereocenters. The maximum atomic E-state index is 12.6. The summed E-state index contributed by atoms with van der Waals surface area (Å²) in [5.41, 5.74) is 6.59. The van der Waals surface area contributed by atoms with E-state index in [-0.39, 0.29) is 54.0 Å². The molecule has 6 nitrogen and oxygen atoms in total. The molecule has 3 N–H and O–H groups in total. The van der Waals surface area contributed by atoms with E-state index < -0.39 is 6.43 Å². The van der Waals surface area contributed by atoms with Crippen LogP contribution in [0.15, 0.2) is 41.5 Å². The number of fused-ring (bicyclic) bond motifs is 1. The van der Waals surface area contributed by atoms with Crippen LogP contribution < -0.4 is 15.8 Å². The minimum absolute atomic E-state index is 0. The smallest absolute Gasteiger partial charge is 0.280 e. The van der Waals surface area contributed by atoms with Gasteiger partial charge in [0.1, 0.15) is 23.8 Å². The average molecular weight is 461 g/mol. The molecule has 0 saturated heterocycles. The maximum Gasteiger partial charge on any atom is 0.280 e. The molecule has 0 bridgehead atoms.